The van der Waals surface area contributed by atoms with Gasteiger partial charge in [0.1, 0.15) is 5.82 Å². The van der Waals surface area contributed by atoms with E-state index in [-0.39, 0.29) is 11.9 Å². The van der Waals surface area contributed by atoms with Gasteiger partial charge in [0, 0.05) is 12.6 Å². The zero-order valence-corrected chi connectivity index (χ0v) is 9.92. The molecule has 0 amide bonds. The number of benzene rings is 1. The number of halogens is 1. The van der Waals surface area contributed by atoms with Crippen LogP contribution in [0.1, 0.15) is 36.5 Å². The van der Waals surface area contributed by atoms with Crippen LogP contribution in [-0.2, 0) is 11.2 Å². The van der Waals surface area contributed by atoms with Crippen molar-refractivity contribution in [3.05, 3.63) is 35.1 Å². The molecule has 1 fully saturated rings. The highest BCUT2D eigenvalue weighted by Crippen LogP contribution is 2.32. The average molecular weight is 235 g/mol. The fourth-order valence-corrected chi connectivity index (χ4v) is 2.93. The predicted octanol–water partition coefficient (Wildman–Crippen LogP) is 2.58. The first kappa shape index (κ1) is 11.2. The topological polar surface area (TPSA) is 21.3 Å². The Balaban J connectivity index is 1.94. The number of aryl methyl sites for hydroxylation is 1. The maximum Gasteiger partial charge on any atom is 0.123 e. The zero-order chi connectivity index (χ0) is 11.7. The minimum Gasteiger partial charge on any atom is -0.372 e. The lowest BCUT2D eigenvalue weighted by atomic mass is 9.95. The van der Waals surface area contributed by atoms with Crippen molar-refractivity contribution in [2.24, 2.45) is 0 Å². The highest BCUT2D eigenvalue weighted by Gasteiger charge is 2.29. The molecular weight excluding hydrogens is 217 g/mol. The molecule has 0 saturated carbocycles. The summed E-state index contributed by atoms with van der Waals surface area (Å²) in [4.78, 5) is 0. The van der Waals surface area contributed by atoms with Crippen molar-refractivity contribution < 1.29 is 9.13 Å². The molecule has 0 spiro atoms. The van der Waals surface area contributed by atoms with Gasteiger partial charge in [0.15, 0.2) is 0 Å². The molecule has 2 nitrogen and oxygen atoms in total. The summed E-state index contributed by atoms with van der Waals surface area (Å²) in [5.41, 5.74) is 2.31. The Kier molecular flexibility index (Phi) is 3.12. The number of fused-ring (bicyclic) bond motifs is 1. The normalized spacial score (nSPS) is 28.8. The monoisotopic (exact) mass is 235 g/mol. The summed E-state index contributed by atoms with van der Waals surface area (Å²) in [5, 5.41) is 3.49. The summed E-state index contributed by atoms with van der Waals surface area (Å²) in [5.74, 6) is -0.135. The van der Waals surface area contributed by atoms with Crippen LogP contribution in [0.2, 0.25) is 0 Å². The molecule has 2 aliphatic heterocycles. The molecule has 92 valence electrons. The number of hydrogen-bond donors (Lipinski definition) is 1. The molecule has 1 aromatic carbocycles. The van der Waals surface area contributed by atoms with Gasteiger partial charge in [-0.15, -0.1) is 0 Å². The van der Waals surface area contributed by atoms with E-state index in [2.05, 4.69) is 5.32 Å². The second-order valence-corrected chi connectivity index (χ2v) is 4.94. The van der Waals surface area contributed by atoms with E-state index in [1.165, 1.54) is 12.0 Å². The molecule has 0 radical (unpaired) electrons. The van der Waals surface area contributed by atoms with Gasteiger partial charge in [-0.2, -0.15) is 0 Å². The molecule has 1 N–H and O–H groups in total. The summed E-state index contributed by atoms with van der Waals surface area (Å²) in [7, 11) is 0. The van der Waals surface area contributed by atoms with Crippen LogP contribution < -0.4 is 5.32 Å². The third-order valence-corrected chi connectivity index (χ3v) is 3.76. The summed E-state index contributed by atoms with van der Waals surface area (Å²) in [6.45, 7) is 1.85. The standard InChI is InChI=1S/C14H18FNO/c15-11-5-6-12-10(9-11)3-2-8-17-14(12)13-4-1-7-16-13/h5-6,9,13-14,16H,1-4,7-8H2/t13?,14-/m0/s1. The van der Waals surface area contributed by atoms with Crippen molar-refractivity contribution in [2.75, 3.05) is 13.2 Å². The second-order valence-electron chi connectivity index (χ2n) is 4.94. The number of rotatable bonds is 1. The second kappa shape index (κ2) is 4.75. The van der Waals surface area contributed by atoms with E-state index < -0.39 is 0 Å². The maximum atomic E-state index is 13.3. The maximum absolute atomic E-state index is 13.3. The predicted molar refractivity (Wildman–Crippen MR) is 64.4 cm³/mol. The number of nitrogens with one attached hydrogen (secondary N) is 1. The molecule has 1 unspecified atom stereocenters. The molecular formula is C14H18FNO. The van der Waals surface area contributed by atoms with Gasteiger partial charge in [-0.05, 0) is 55.5 Å². The lowest BCUT2D eigenvalue weighted by molar-refractivity contribution is 0.0333. The van der Waals surface area contributed by atoms with Gasteiger partial charge in [0.25, 0.3) is 0 Å². The Morgan fingerprint density at radius 2 is 2.24 bits per heavy atom. The highest BCUT2D eigenvalue weighted by molar-refractivity contribution is 5.32. The molecule has 2 atom stereocenters. The van der Waals surface area contributed by atoms with Crippen molar-refractivity contribution in [2.45, 2.75) is 37.8 Å². The third-order valence-electron chi connectivity index (χ3n) is 3.76. The molecule has 1 saturated heterocycles. The lowest BCUT2D eigenvalue weighted by Gasteiger charge is -2.24. The number of ether oxygens (including phenoxy) is 1. The van der Waals surface area contributed by atoms with Crippen LogP contribution in [0.4, 0.5) is 4.39 Å². The lowest BCUT2D eigenvalue weighted by Crippen LogP contribution is -2.30. The molecule has 3 heteroatoms. The van der Waals surface area contributed by atoms with Crippen LogP contribution >= 0.6 is 0 Å². The van der Waals surface area contributed by atoms with E-state index in [1.54, 1.807) is 12.1 Å². The first-order valence-electron chi connectivity index (χ1n) is 6.48. The molecule has 0 aliphatic carbocycles. The van der Waals surface area contributed by atoms with Gasteiger partial charge in [-0.25, -0.2) is 4.39 Å². The van der Waals surface area contributed by atoms with Crippen LogP contribution in [0.25, 0.3) is 0 Å². The van der Waals surface area contributed by atoms with Crippen molar-refractivity contribution in [1.29, 1.82) is 0 Å². The van der Waals surface area contributed by atoms with Gasteiger partial charge < -0.3 is 10.1 Å². The van der Waals surface area contributed by atoms with E-state index >= 15 is 0 Å². The van der Waals surface area contributed by atoms with Crippen LogP contribution in [-0.4, -0.2) is 19.2 Å². The fourth-order valence-electron chi connectivity index (χ4n) is 2.93. The van der Waals surface area contributed by atoms with Gasteiger partial charge >= 0.3 is 0 Å². The van der Waals surface area contributed by atoms with Gasteiger partial charge in [-0.1, -0.05) is 6.07 Å². The Morgan fingerprint density at radius 3 is 3.06 bits per heavy atom. The van der Waals surface area contributed by atoms with Gasteiger partial charge in [0.2, 0.25) is 0 Å². The largest absolute Gasteiger partial charge is 0.372 e. The van der Waals surface area contributed by atoms with Crippen LogP contribution in [0.3, 0.4) is 0 Å². The average Bonchev–Trinajstić information content (AvgIpc) is 2.77. The molecule has 2 aliphatic rings. The Labute approximate surface area is 101 Å². The van der Waals surface area contributed by atoms with Crippen LogP contribution in [0, 0.1) is 5.82 Å². The first-order chi connectivity index (χ1) is 8.34. The first-order valence-corrected chi connectivity index (χ1v) is 6.48. The molecule has 3 rings (SSSR count). The minimum atomic E-state index is -0.135. The summed E-state index contributed by atoms with van der Waals surface area (Å²) < 4.78 is 19.2. The van der Waals surface area contributed by atoms with Crippen LogP contribution in [0.5, 0.6) is 0 Å². The summed E-state index contributed by atoms with van der Waals surface area (Å²) in [6, 6.07) is 5.53. The molecule has 0 aromatic heterocycles. The molecule has 1 aromatic rings. The van der Waals surface area contributed by atoms with Crippen LogP contribution in [0.15, 0.2) is 18.2 Å². The minimum absolute atomic E-state index is 0.107. The SMILES string of the molecule is Fc1ccc2c(c1)CCCO[C@@H]2C1CCCN1. The summed E-state index contributed by atoms with van der Waals surface area (Å²) in [6.07, 6.45) is 4.38. The molecule has 17 heavy (non-hydrogen) atoms. The van der Waals surface area contributed by atoms with E-state index in [1.807, 2.05) is 6.07 Å². The van der Waals surface area contributed by atoms with E-state index in [4.69, 9.17) is 4.74 Å². The van der Waals surface area contributed by atoms with Gasteiger partial charge in [0.05, 0.1) is 6.10 Å². The Morgan fingerprint density at radius 1 is 1.29 bits per heavy atom. The summed E-state index contributed by atoms with van der Waals surface area (Å²) >= 11 is 0. The van der Waals surface area contributed by atoms with Crippen molar-refractivity contribution in [3.8, 4) is 0 Å². The van der Waals surface area contributed by atoms with Crippen molar-refractivity contribution >= 4 is 0 Å². The quantitative estimate of drug-likeness (QED) is 0.807. The van der Waals surface area contributed by atoms with Crippen molar-refractivity contribution in [3.63, 3.8) is 0 Å². The highest BCUT2D eigenvalue weighted by atomic mass is 19.1. The molecule has 2 heterocycles. The fraction of sp³-hybridized carbons (Fsp3) is 0.571. The smallest absolute Gasteiger partial charge is 0.123 e. The van der Waals surface area contributed by atoms with Gasteiger partial charge in [-0.3, -0.25) is 0 Å². The van der Waals surface area contributed by atoms with E-state index in [0.29, 0.717) is 6.04 Å². The zero-order valence-electron chi connectivity index (χ0n) is 9.92. The Hall–Kier alpha value is -0.930. The third kappa shape index (κ3) is 2.22. The van der Waals surface area contributed by atoms with Crippen molar-refractivity contribution in [1.82, 2.24) is 5.32 Å². The number of hydrogen-bond acceptors (Lipinski definition) is 2. The van der Waals surface area contributed by atoms with E-state index in [0.717, 1.165) is 38.0 Å². The Bertz CT molecular complexity index is 401. The van der Waals surface area contributed by atoms with E-state index in [9.17, 15) is 4.39 Å². The molecule has 0 bridgehead atoms.